The van der Waals surface area contributed by atoms with Gasteiger partial charge in [0.05, 0.1) is 25.0 Å². The van der Waals surface area contributed by atoms with Crippen molar-refractivity contribution < 1.29 is 9.59 Å². The van der Waals surface area contributed by atoms with Crippen molar-refractivity contribution >= 4 is 29.1 Å². The van der Waals surface area contributed by atoms with Gasteiger partial charge in [-0.15, -0.1) is 5.10 Å². The average Bonchev–Trinajstić information content (AvgIpc) is 3.06. The molecule has 0 aliphatic carbocycles. The zero-order valence-corrected chi connectivity index (χ0v) is 13.2. The number of aromatic nitrogens is 4. The van der Waals surface area contributed by atoms with Gasteiger partial charge in [-0.25, -0.2) is 4.98 Å². The summed E-state index contributed by atoms with van der Waals surface area (Å²) >= 11 is 5.96. The minimum atomic E-state index is -0.348. The van der Waals surface area contributed by atoms with Crippen LogP contribution in [0.15, 0.2) is 24.5 Å². The van der Waals surface area contributed by atoms with Crippen LogP contribution < -0.4 is 16.0 Å². The Morgan fingerprint density at radius 1 is 1.35 bits per heavy atom. The lowest BCUT2D eigenvalue weighted by molar-refractivity contribution is -0.115. The molecule has 2 aromatic heterocycles. The predicted octanol–water partition coefficient (Wildman–Crippen LogP) is -0.0856. The Kier molecular flexibility index (Phi) is 6.01. The molecular formula is C13H16ClN7O2. The Morgan fingerprint density at radius 2 is 2.17 bits per heavy atom. The fraction of sp³-hybridized carbons (Fsp3) is 0.308. The number of nitrogens with one attached hydrogen (secondary N) is 3. The monoisotopic (exact) mass is 337 g/mol. The number of carbonyl (C=O) groups is 2. The molecule has 0 aliphatic heterocycles. The summed E-state index contributed by atoms with van der Waals surface area (Å²) in [5, 5.41) is 15.6. The van der Waals surface area contributed by atoms with Gasteiger partial charge in [-0.05, 0) is 12.1 Å². The van der Waals surface area contributed by atoms with E-state index >= 15 is 0 Å². The lowest BCUT2D eigenvalue weighted by Gasteiger charge is -2.09. The van der Waals surface area contributed by atoms with Crippen molar-refractivity contribution in [3.05, 3.63) is 35.4 Å². The third-order valence-corrected chi connectivity index (χ3v) is 3.15. The lowest BCUT2D eigenvalue weighted by atomic mass is 10.3. The number of halogens is 1. The minimum Gasteiger partial charge on any atom is -0.354 e. The first-order valence-corrected chi connectivity index (χ1v) is 7.21. The molecule has 9 nitrogen and oxygen atoms in total. The highest BCUT2D eigenvalue weighted by Crippen LogP contribution is 2.19. The number of hydrogen-bond acceptors (Lipinski definition) is 6. The minimum absolute atomic E-state index is 0.0575. The summed E-state index contributed by atoms with van der Waals surface area (Å²) in [6.45, 7) is 1.29. The van der Waals surface area contributed by atoms with Crippen LogP contribution in [0.1, 0.15) is 10.5 Å². The molecule has 2 aromatic rings. The number of hydrogen-bond donors (Lipinski definition) is 3. The largest absolute Gasteiger partial charge is 0.354 e. The summed E-state index contributed by atoms with van der Waals surface area (Å²) in [4.78, 5) is 27.2. The van der Waals surface area contributed by atoms with Crippen molar-refractivity contribution in [2.75, 3.05) is 25.5 Å². The van der Waals surface area contributed by atoms with E-state index in [0.717, 1.165) is 0 Å². The standard InChI is InChI=1S/C13H16ClN7O2/c1-15-13(23)10-3-2-9(12(14)19-10)18-11(22)8-16-4-6-21-7-5-17-20-21/h2-3,5,7,16H,4,6,8H2,1H3,(H,15,23)(H,18,22). The molecule has 0 atom stereocenters. The smallest absolute Gasteiger partial charge is 0.269 e. The summed E-state index contributed by atoms with van der Waals surface area (Å²) in [6.07, 6.45) is 3.32. The van der Waals surface area contributed by atoms with E-state index < -0.39 is 0 Å². The SMILES string of the molecule is CNC(=O)c1ccc(NC(=O)CNCCn2ccnn2)c(Cl)n1. The van der Waals surface area contributed by atoms with Crippen molar-refractivity contribution in [3.63, 3.8) is 0 Å². The summed E-state index contributed by atoms with van der Waals surface area (Å²) in [5.41, 5.74) is 0.531. The topological polar surface area (TPSA) is 114 Å². The molecule has 0 spiro atoms. The Balaban J connectivity index is 1.79. The van der Waals surface area contributed by atoms with Crippen LogP contribution >= 0.6 is 11.6 Å². The van der Waals surface area contributed by atoms with Gasteiger partial charge < -0.3 is 16.0 Å². The molecule has 2 rings (SSSR count). The van der Waals surface area contributed by atoms with Crippen LogP contribution in [-0.2, 0) is 11.3 Å². The number of carbonyl (C=O) groups excluding carboxylic acids is 2. The van der Waals surface area contributed by atoms with Crippen LogP contribution in [0.3, 0.4) is 0 Å². The fourth-order valence-corrected chi connectivity index (χ4v) is 1.93. The quantitative estimate of drug-likeness (QED) is 0.481. The first-order valence-electron chi connectivity index (χ1n) is 6.83. The number of rotatable bonds is 7. The Bertz CT molecular complexity index is 675. The summed E-state index contributed by atoms with van der Waals surface area (Å²) in [5.74, 6) is -0.612. The molecular weight excluding hydrogens is 322 g/mol. The number of anilines is 1. The highest BCUT2D eigenvalue weighted by Gasteiger charge is 2.11. The lowest BCUT2D eigenvalue weighted by Crippen LogP contribution is -2.30. The van der Waals surface area contributed by atoms with Crippen LogP contribution in [0, 0.1) is 0 Å². The molecule has 2 heterocycles. The van der Waals surface area contributed by atoms with Crippen LogP contribution in [0.4, 0.5) is 5.69 Å². The van der Waals surface area contributed by atoms with Crippen molar-refractivity contribution in [2.24, 2.45) is 0 Å². The third-order valence-electron chi connectivity index (χ3n) is 2.86. The summed E-state index contributed by atoms with van der Waals surface area (Å²) in [6, 6.07) is 3.02. The van der Waals surface area contributed by atoms with E-state index in [2.05, 4.69) is 31.2 Å². The number of pyridine rings is 1. The molecule has 23 heavy (non-hydrogen) atoms. The molecule has 0 bridgehead atoms. The Labute approximate surface area is 137 Å². The van der Waals surface area contributed by atoms with Crippen molar-refractivity contribution in [1.82, 2.24) is 30.6 Å². The van der Waals surface area contributed by atoms with Crippen molar-refractivity contribution in [1.29, 1.82) is 0 Å². The zero-order valence-electron chi connectivity index (χ0n) is 12.4. The number of amides is 2. The average molecular weight is 338 g/mol. The fourth-order valence-electron chi connectivity index (χ4n) is 1.72. The second-order valence-corrected chi connectivity index (χ2v) is 4.86. The second-order valence-electron chi connectivity index (χ2n) is 4.51. The van der Waals surface area contributed by atoms with Crippen LogP contribution in [0.5, 0.6) is 0 Å². The molecule has 0 aliphatic rings. The van der Waals surface area contributed by atoms with Gasteiger partial charge in [-0.3, -0.25) is 14.3 Å². The summed E-state index contributed by atoms with van der Waals surface area (Å²) in [7, 11) is 1.50. The van der Waals surface area contributed by atoms with Gasteiger partial charge in [0, 0.05) is 19.8 Å². The van der Waals surface area contributed by atoms with E-state index in [1.165, 1.54) is 19.2 Å². The molecule has 0 unspecified atom stereocenters. The van der Waals surface area contributed by atoms with Gasteiger partial charge in [-0.2, -0.15) is 0 Å². The predicted molar refractivity (Wildman–Crippen MR) is 84.2 cm³/mol. The van der Waals surface area contributed by atoms with E-state index in [4.69, 9.17) is 11.6 Å². The molecule has 0 saturated carbocycles. The van der Waals surface area contributed by atoms with Gasteiger partial charge in [0.2, 0.25) is 5.91 Å². The highest BCUT2D eigenvalue weighted by atomic mass is 35.5. The van der Waals surface area contributed by atoms with Crippen LogP contribution in [0.25, 0.3) is 0 Å². The van der Waals surface area contributed by atoms with Crippen LogP contribution in [0.2, 0.25) is 5.15 Å². The second kappa shape index (κ2) is 8.20. The van der Waals surface area contributed by atoms with E-state index in [-0.39, 0.29) is 29.2 Å². The maximum Gasteiger partial charge on any atom is 0.269 e. The molecule has 3 N–H and O–H groups in total. The summed E-state index contributed by atoms with van der Waals surface area (Å²) < 4.78 is 1.66. The van der Waals surface area contributed by atoms with Crippen molar-refractivity contribution in [3.8, 4) is 0 Å². The first-order chi connectivity index (χ1) is 11.1. The molecule has 122 valence electrons. The van der Waals surface area contributed by atoms with Gasteiger partial charge in [0.15, 0.2) is 5.15 Å². The first kappa shape index (κ1) is 16.8. The van der Waals surface area contributed by atoms with Gasteiger partial charge >= 0.3 is 0 Å². The third kappa shape index (κ3) is 5.01. The maximum atomic E-state index is 11.8. The van der Waals surface area contributed by atoms with Gasteiger partial charge in [-0.1, -0.05) is 16.8 Å². The van der Waals surface area contributed by atoms with E-state index in [9.17, 15) is 9.59 Å². The van der Waals surface area contributed by atoms with Crippen LogP contribution in [-0.4, -0.2) is 51.9 Å². The molecule has 0 aromatic carbocycles. The normalized spacial score (nSPS) is 10.3. The molecule has 10 heteroatoms. The molecule has 0 fully saturated rings. The molecule has 0 saturated heterocycles. The molecule has 0 radical (unpaired) electrons. The van der Waals surface area contributed by atoms with E-state index in [0.29, 0.717) is 18.8 Å². The highest BCUT2D eigenvalue weighted by molar-refractivity contribution is 6.32. The Morgan fingerprint density at radius 3 is 2.83 bits per heavy atom. The van der Waals surface area contributed by atoms with E-state index in [1.807, 2.05) is 0 Å². The number of nitrogens with zero attached hydrogens (tertiary/aromatic N) is 4. The van der Waals surface area contributed by atoms with Gasteiger partial charge in [0.25, 0.3) is 5.91 Å². The van der Waals surface area contributed by atoms with Crippen molar-refractivity contribution in [2.45, 2.75) is 6.54 Å². The Hall–Kier alpha value is -2.52. The zero-order chi connectivity index (χ0) is 16.7. The van der Waals surface area contributed by atoms with Gasteiger partial charge in [0.1, 0.15) is 5.69 Å². The molecule has 2 amide bonds. The maximum absolute atomic E-state index is 11.8. The van der Waals surface area contributed by atoms with E-state index in [1.54, 1.807) is 17.1 Å².